The third-order valence-electron chi connectivity index (χ3n) is 5.77. The summed E-state index contributed by atoms with van der Waals surface area (Å²) in [5.41, 5.74) is 2.60. The topological polar surface area (TPSA) is 101 Å². The third-order valence-corrected chi connectivity index (χ3v) is 5.77. The number of nitrogens with one attached hydrogen (secondary N) is 1. The van der Waals surface area contributed by atoms with Gasteiger partial charge < -0.3 is 4.90 Å². The molecule has 0 bridgehead atoms. The van der Waals surface area contributed by atoms with E-state index in [4.69, 9.17) is 5.10 Å². The number of aryl methyl sites for hydroxylation is 2. The average molecular weight is 367 g/mol. The highest BCUT2D eigenvalue weighted by Crippen LogP contribution is 2.29. The fraction of sp³-hybridized carbons (Fsp3) is 0.500. The lowest BCUT2D eigenvalue weighted by Crippen LogP contribution is -2.39. The summed E-state index contributed by atoms with van der Waals surface area (Å²) in [6.07, 6.45) is 5.00. The molecule has 1 saturated heterocycles. The SMILES string of the molecule is Cn1c(=O)cc(N2CCC(c3nnc4cc5c(nn34)CCC5)CC2)[nH]c1=O. The molecule has 140 valence electrons. The van der Waals surface area contributed by atoms with Crippen molar-refractivity contribution in [1.29, 1.82) is 0 Å². The molecule has 27 heavy (non-hydrogen) atoms. The number of nitrogens with zero attached hydrogens (tertiary/aromatic N) is 6. The molecular formula is C18H21N7O2. The molecule has 3 aromatic rings. The molecule has 5 rings (SSSR count). The highest BCUT2D eigenvalue weighted by atomic mass is 16.2. The Bertz CT molecular complexity index is 1100. The van der Waals surface area contributed by atoms with Crippen molar-refractivity contribution in [2.45, 2.75) is 38.0 Å². The second kappa shape index (κ2) is 6.04. The van der Waals surface area contributed by atoms with Gasteiger partial charge in [0.1, 0.15) is 5.82 Å². The zero-order valence-electron chi connectivity index (χ0n) is 15.2. The predicted molar refractivity (Wildman–Crippen MR) is 99.3 cm³/mol. The lowest BCUT2D eigenvalue weighted by atomic mass is 9.96. The maximum atomic E-state index is 11.9. The summed E-state index contributed by atoms with van der Waals surface area (Å²) in [6.45, 7) is 1.49. The summed E-state index contributed by atoms with van der Waals surface area (Å²) in [7, 11) is 1.47. The van der Waals surface area contributed by atoms with Crippen molar-refractivity contribution >= 4 is 11.5 Å². The first-order valence-electron chi connectivity index (χ1n) is 9.39. The van der Waals surface area contributed by atoms with Gasteiger partial charge >= 0.3 is 5.69 Å². The van der Waals surface area contributed by atoms with Gasteiger partial charge in [0.25, 0.3) is 5.56 Å². The monoisotopic (exact) mass is 367 g/mol. The number of hydrogen-bond donors (Lipinski definition) is 1. The largest absolute Gasteiger partial charge is 0.358 e. The van der Waals surface area contributed by atoms with Crippen LogP contribution in [0.2, 0.25) is 0 Å². The Balaban J connectivity index is 1.39. The van der Waals surface area contributed by atoms with Crippen molar-refractivity contribution in [3.05, 3.63) is 50.1 Å². The number of piperidine rings is 1. The summed E-state index contributed by atoms with van der Waals surface area (Å²) in [6, 6.07) is 3.60. The molecule has 0 radical (unpaired) electrons. The van der Waals surface area contributed by atoms with Gasteiger partial charge in [-0.25, -0.2) is 4.79 Å². The minimum Gasteiger partial charge on any atom is -0.358 e. The van der Waals surface area contributed by atoms with E-state index in [2.05, 4.69) is 21.2 Å². The van der Waals surface area contributed by atoms with Gasteiger partial charge in [0.2, 0.25) is 0 Å². The molecule has 0 aromatic carbocycles. The van der Waals surface area contributed by atoms with E-state index in [0.29, 0.717) is 5.82 Å². The maximum Gasteiger partial charge on any atom is 0.329 e. The lowest BCUT2D eigenvalue weighted by Gasteiger charge is -2.32. The number of hydrogen-bond acceptors (Lipinski definition) is 6. The summed E-state index contributed by atoms with van der Waals surface area (Å²) < 4.78 is 2.98. The van der Waals surface area contributed by atoms with Gasteiger partial charge in [0, 0.05) is 32.1 Å². The van der Waals surface area contributed by atoms with E-state index >= 15 is 0 Å². The zero-order valence-corrected chi connectivity index (χ0v) is 15.2. The maximum absolute atomic E-state index is 11.9. The highest BCUT2D eigenvalue weighted by Gasteiger charge is 2.27. The molecular weight excluding hydrogens is 346 g/mol. The quantitative estimate of drug-likeness (QED) is 0.703. The van der Waals surface area contributed by atoms with Gasteiger partial charge in [-0.3, -0.25) is 14.3 Å². The van der Waals surface area contributed by atoms with E-state index < -0.39 is 0 Å². The number of fused-ring (bicyclic) bond motifs is 2. The zero-order chi connectivity index (χ0) is 18.5. The Morgan fingerprint density at radius 3 is 2.70 bits per heavy atom. The van der Waals surface area contributed by atoms with Gasteiger partial charge in [-0.15, -0.1) is 10.2 Å². The van der Waals surface area contributed by atoms with E-state index in [-0.39, 0.29) is 17.2 Å². The minimum atomic E-state index is -0.388. The fourth-order valence-corrected chi connectivity index (χ4v) is 4.14. The number of rotatable bonds is 2. The standard InChI is InChI=1S/C18H21N7O2/c1-23-16(26)10-14(19-18(23)27)24-7-5-11(6-8-24)17-21-20-15-9-12-3-2-4-13(12)22-25(15)17/h9-11H,2-8H2,1H3,(H,19,27). The Hall–Kier alpha value is -2.97. The van der Waals surface area contributed by atoms with Crippen LogP contribution in [0.3, 0.4) is 0 Å². The summed E-state index contributed by atoms with van der Waals surface area (Å²) >= 11 is 0. The van der Waals surface area contributed by atoms with E-state index in [0.717, 1.165) is 61.2 Å². The third kappa shape index (κ3) is 2.65. The van der Waals surface area contributed by atoms with Crippen LogP contribution >= 0.6 is 0 Å². The van der Waals surface area contributed by atoms with Crippen LogP contribution in [0.5, 0.6) is 0 Å². The van der Waals surface area contributed by atoms with E-state index in [1.54, 1.807) is 0 Å². The first kappa shape index (κ1) is 16.2. The Labute approximate surface area is 154 Å². The smallest absolute Gasteiger partial charge is 0.329 e. The van der Waals surface area contributed by atoms with E-state index in [9.17, 15) is 9.59 Å². The molecule has 9 heteroatoms. The van der Waals surface area contributed by atoms with Crippen molar-refractivity contribution < 1.29 is 0 Å². The molecule has 4 heterocycles. The highest BCUT2D eigenvalue weighted by molar-refractivity contribution is 5.43. The summed E-state index contributed by atoms with van der Waals surface area (Å²) in [4.78, 5) is 28.6. The van der Waals surface area contributed by atoms with E-state index in [1.165, 1.54) is 24.4 Å². The molecule has 1 aliphatic carbocycles. The van der Waals surface area contributed by atoms with Crippen molar-refractivity contribution in [2.24, 2.45) is 7.05 Å². The number of H-pyrrole nitrogens is 1. The first-order chi connectivity index (χ1) is 13.1. The number of anilines is 1. The van der Waals surface area contributed by atoms with Crippen LogP contribution in [0.1, 0.15) is 42.3 Å². The van der Waals surface area contributed by atoms with Crippen molar-refractivity contribution in [1.82, 2.24) is 29.4 Å². The van der Waals surface area contributed by atoms with Crippen LogP contribution in [0, 0.1) is 0 Å². The first-order valence-corrected chi connectivity index (χ1v) is 9.39. The lowest BCUT2D eigenvalue weighted by molar-refractivity contribution is 0.473. The summed E-state index contributed by atoms with van der Waals surface area (Å²) in [5.74, 6) is 1.77. The van der Waals surface area contributed by atoms with Crippen molar-refractivity contribution in [2.75, 3.05) is 18.0 Å². The van der Waals surface area contributed by atoms with Crippen LogP contribution in [0.25, 0.3) is 5.65 Å². The van der Waals surface area contributed by atoms with Crippen LogP contribution in [-0.2, 0) is 19.9 Å². The fourth-order valence-electron chi connectivity index (χ4n) is 4.14. The molecule has 1 N–H and O–H groups in total. The van der Waals surface area contributed by atoms with Crippen LogP contribution in [0.15, 0.2) is 21.7 Å². The molecule has 9 nitrogen and oxygen atoms in total. The van der Waals surface area contributed by atoms with E-state index in [1.807, 2.05) is 9.42 Å². The number of aromatic nitrogens is 6. The molecule has 2 aliphatic rings. The molecule has 1 fully saturated rings. The van der Waals surface area contributed by atoms with Gasteiger partial charge in [-0.05, 0) is 43.7 Å². The van der Waals surface area contributed by atoms with Crippen LogP contribution in [0.4, 0.5) is 5.82 Å². The normalized spacial score (nSPS) is 17.6. The average Bonchev–Trinajstić information content (AvgIpc) is 3.30. The van der Waals surface area contributed by atoms with Gasteiger partial charge in [-0.1, -0.05) is 0 Å². The van der Waals surface area contributed by atoms with Gasteiger partial charge in [0.15, 0.2) is 11.5 Å². The second-order valence-corrected chi connectivity index (χ2v) is 7.42. The molecule has 1 aliphatic heterocycles. The van der Waals surface area contributed by atoms with Gasteiger partial charge in [0.05, 0.1) is 5.69 Å². The Morgan fingerprint density at radius 1 is 1.11 bits per heavy atom. The number of aromatic amines is 1. The second-order valence-electron chi connectivity index (χ2n) is 7.42. The van der Waals surface area contributed by atoms with Crippen LogP contribution < -0.4 is 16.1 Å². The molecule has 0 atom stereocenters. The van der Waals surface area contributed by atoms with Crippen LogP contribution in [-0.4, -0.2) is 42.5 Å². The Morgan fingerprint density at radius 2 is 1.93 bits per heavy atom. The van der Waals surface area contributed by atoms with Crippen molar-refractivity contribution in [3.8, 4) is 0 Å². The molecule has 0 amide bonds. The Kier molecular flexibility index (Phi) is 3.63. The van der Waals surface area contributed by atoms with Gasteiger partial charge in [-0.2, -0.15) is 9.61 Å². The molecule has 0 saturated carbocycles. The molecule has 0 spiro atoms. The molecule has 0 unspecified atom stereocenters. The predicted octanol–water partition coefficient (Wildman–Crippen LogP) is 0.384. The van der Waals surface area contributed by atoms with Crippen molar-refractivity contribution in [3.63, 3.8) is 0 Å². The molecule has 3 aromatic heterocycles. The minimum absolute atomic E-state index is 0.265. The summed E-state index contributed by atoms with van der Waals surface area (Å²) in [5, 5.41) is 13.5.